The number of anilines is 3. The summed E-state index contributed by atoms with van der Waals surface area (Å²) in [6.07, 6.45) is 0. The molecule has 0 amide bonds. The molecule has 0 aliphatic carbocycles. The molecule has 8 rings (SSSR count). The van der Waals surface area contributed by atoms with Gasteiger partial charge in [0.05, 0.1) is 16.7 Å². The third-order valence-corrected chi connectivity index (χ3v) is 8.98. The molecule has 1 aromatic heterocycles. The topological polar surface area (TPSA) is 72.2 Å². The van der Waals surface area contributed by atoms with Gasteiger partial charge in [0.2, 0.25) is 0 Å². The predicted octanol–water partition coefficient (Wildman–Crippen LogP) is 13.3. The van der Waals surface area contributed by atoms with Crippen LogP contribution in [-0.2, 0) is 0 Å². The Kier molecular flexibility index (Phi) is 13.9. The molecule has 0 atom stereocenters. The zero-order valence-electron chi connectivity index (χ0n) is 31.3. The van der Waals surface area contributed by atoms with Gasteiger partial charge < -0.3 is 4.90 Å². The fourth-order valence-electron chi connectivity index (χ4n) is 5.37. The van der Waals surface area contributed by atoms with E-state index in [0.29, 0.717) is 0 Å². The molecule has 54 heavy (non-hydrogen) atoms. The van der Waals surface area contributed by atoms with Crippen molar-refractivity contribution >= 4 is 45.5 Å². The first kappa shape index (κ1) is 38.8. The van der Waals surface area contributed by atoms with Gasteiger partial charge in [-0.25, -0.2) is 0 Å². The highest BCUT2D eigenvalue weighted by atomic mass is 32.1. The van der Waals surface area contributed by atoms with Crippen molar-refractivity contribution in [2.24, 2.45) is 0 Å². The summed E-state index contributed by atoms with van der Waals surface area (Å²) in [5, 5.41) is 10.1. The monoisotopic (exact) mass is 728 g/mol. The summed E-state index contributed by atoms with van der Waals surface area (Å²) < 4.78 is 8.60. The number of fused-ring (bicyclic) bond motifs is 1. The number of nitro groups is 1. The molecule has 0 N–H and O–H groups in total. The van der Waals surface area contributed by atoms with Gasteiger partial charge in [-0.1, -0.05) is 149 Å². The maximum absolute atomic E-state index is 10.1. The van der Waals surface area contributed by atoms with Crippen LogP contribution in [0.5, 0.6) is 0 Å². The molecule has 6 nitrogen and oxygen atoms in total. The Morgan fingerprint density at radius 2 is 0.870 bits per heavy atom. The van der Waals surface area contributed by atoms with Crippen LogP contribution in [0.1, 0.15) is 27.8 Å². The van der Waals surface area contributed by atoms with Crippen molar-refractivity contribution in [3.8, 4) is 11.1 Å². The highest BCUT2D eigenvalue weighted by Crippen LogP contribution is 2.34. The van der Waals surface area contributed by atoms with E-state index in [1.54, 1.807) is 12.1 Å². The number of hydrogen-bond donors (Lipinski definition) is 0. The van der Waals surface area contributed by atoms with E-state index in [1.807, 2.05) is 31.2 Å². The average Bonchev–Trinajstić information content (AvgIpc) is 3.69. The van der Waals surface area contributed by atoms with E-state index in [9.17, 15) is 10.1 Å². The minimum absolute atomic E-state index is 0.144. The minimum Gasteiger partial charge on any atom is -0.311 e. The van der Waals surface area contributed by atoms with Crippen LogP contribution in [0.2, 0.25) is 0 Å². The first-order valence-corrected chi connectivity index (χ1v) is 18.4. The second kappa shape index (κ2) is 19.4. The van der Waals surface area contributed by atoms with Crippen LogP contribution in [0, 0.1) is 44.7 Å². The zero-order chi connectivity index (χ0) is 38.3. The number of rotatable bonds is 5. The molecule has 0 unspecified atom stereocenters. The zero-order valence-corrected chi connectivity index (χ0v) is 32.1. The summed E-state index contributed by atoms with van der Waals surface area (Å²) >= 11 is 1.26. The summed E-state index contributed by atoms with van der Waals surface area (Å²) in [6.45, 7) is 10.3. The molecule has 0 bridgehead atoms. The molecule has 0 aliphatic rings. The smallest absolute Gasteiger partial charge is 0.269 e. The highest BCUT2D eigenvalue weighted by Gasteiger charge is 2.11. The standard InChI is InChI=1S/C19H17N.C13H10N2S.C8H10.C7H7NO2/c1-16-12-14-19(15-13-16)20(17-8-4-2-5-9-17)18-10-6-3-7-11-18;1-9-5-7-10(8-6-9)11-3-2-4-12-13(11)15-16-14-12;1-7-3-5-8(2)6-4-7;1-6-2-4-7(5-3-6)8(9)10/h2-15H,1H3;2-8H,1H3;3-6H,1-2H3;2-5H,1H3. The van der Waals surface area contributed by atoms with E-state index in [4.69, 9.17) is 0 Å². The van der Waals surface area contributed by atoms with Gasteiger partial charge in [-0.3, -0.25) is 10.1 Å². The Labute approximate surface area is 322 Å². The Morgan fingerprint density at radius 1 is 0.463 bits per heavy atom. The lowest BCUT2D eigenvalue weighted by Crippen LogP contribution is -2.09. The molecule has 0 spiro atoms. The molecular formula is C47H44N4O2S. The van der Waals surface area contributed by atoms with Gasteiger partial charge in [0.15, 0.2) is 0 Å². The summed E-state index contributed by atoms with van der Waals surface area (Å²) in [7, 11) is 0. The SMILES string of the molecule is Cc1ccc(-c2cccc3nsnc23)cc1.Cc1ccc(C)cc1.Cc1ccc(N(c2ccccc2)c2ccccc2)cc1.Cc1ccc([N+](=O)[O-])cc1. The lowest BCUT2D eigenvalue weighted by molar-refractivity contribution is -0.384. The van der Waals surface area contributed by atoms with Crippen molar-refractivity contribution in [2.45, 2.75) is 34.6 Å². The Morgan fingerprint density at radius 3 is 1.33 bits per heavy atom. The van der Waals surface area contributed by atoms with Crippen LogP contribution in [0.3, 0.4) is 0 Å². The first-order valence-electron chi connectivity index (χ1n) is 17.7. The van der Waals surface area contributed by atoms with E-state index < -0.39 is 4.92 Å². The lowest BCUT2D eigenvalue weighted by atomic mass is 10.0. The minimum atomic E-state index is -0.403. The summed E-state index contributed by atoms with van der Waals surface area (Å²) in [6, 6.07) is 59.0. The molecular weight excluding hydrogens is 685 g/mol. The van der Waals surface area contributed by atoms with Crippen molar-refractivity contribution in [1.29, 1.82) is 0 Å². The normalized spacial score (nSPS) is 10.1. The third kappa shape index (κ3) is 11.3. The van der Waals surface area contributed by atoms with E-state index >= 15 is 0 Å². The largest absolute Gasteiger partial charge is 0.311 e. The number of non-ortho nitro benzene ring substituents is 1. The van der Waals surface area contributed by atoms with Crippen molar-refractivity contribution in [3.63, 3.8) is 0 Å². The Hall–Kier alpha value is -6.44. The third-order valence-electron chi connectivity index (χ3n) is 8.43. The average molecular weight is 729 g/mol. The molecule has 7 heteroatoms. The van der Waals surface area contributed by atoms with Gasteiger partial charge in [-0.05, 0) is 82.6 Å². The van der Waals surface area contributed by atoms with E-state index in [-0.39, 0.29) is 5.69 Å². The van der Waals surface area contributed by atoms with Crippen LogP contribution in [-0.4, -0.2) is 13.7 Å². The number of aryl methyl sites for hydroxylation is 5. The van der Waals surface area contributed by atoms with Crippen LogP contribution < -0.4 is 4.90 Å². The Bertz CT molecular complexity index is 2260. The Balaban J connectivity index is 0.000000147. The number of nitro benzene ring substituents is 1. The van der Waals surface area contributed by atoms with Crippen molar-refractivity contribution < 1.29 is 4.92 Å². The van der Waals surface area contributed by atoms with Crippen LogP contribution in [0.25, 0.3) is 22.2 Å². The van der Waals surface area contributed by atoms with Gasteiger partial charge in [-0.2, -0.15) is 8.75 Å². The number of benzene rings is 7. The quantitative estimate of drug-likeness (QED) is 0.130. The molecule has 270 valence electrons. The molecule has 0 aliphatic heterocycles. The van der Waals surface area contributed by atoms with Crippen LogP contribution in [0.4, 0.5) is 22.7 Å². The van der Waals surface area contributed by atoms with Crippen molar-refractivity contribution in [3.05, 3.63) is 214 Å². The number of para-hydroxylation sites is 2. The van der Waals surface area contributed by atoms with Gasteiger partial charge >= 0.3 is 0 Å². The molecule has 1 heterocycles. The van der Waals surface area contributed by atoms with Crippen LogP contribution >= 0.6 is 11.7 Å². The fraction of sp³-hybridized carbons (Fsp3) is 0.106. The number of hydrogen-bond acceptors (Lipinski definition) is 6. The maximum Gasteiger partial charge on any atom is 0.269 e. The summed E-state index contributed by atoms with van der Waals surface area (Å²) in [4.78, 5) is 12.0. The lowest BCUT2D eigenvalue weighted by Gasteiger charge is -2.25. The molecule has 0 radical (unpaired) electrons. The van der Waals surface area contributed by atoms with Gasteiger partial charge in [-0.15, -0.1) is 0 Å². The summed E-state index contributed by atoms with van der Waals surface area (Å²) in [5.41, 5.74) is 14.2. The fourth-order valence-corrected chi connectivity index (χ4v) is 5.92. The number of aromatic nitrogens is 2. The number of nitrogens with zero attached hydrogens (tertiary/aromatic N) is 4. The molecule has 0 saturated carbocycles. The molecule has 8 aromatic rings. The van der Waals surface area contributed by atoms with Crippen molar-refractivity contribution in [1.82, 2.24) is 8.75 Å². The van der Waals surface area contributed by atoms with Gasteiger partial charge in [0.1, 0.15) is 11.0 Å². The second-order valence-corrected chi connectivity index (χ2v) is 13.4. The van der Waals surface area contributed by atoms with Gasteiger partial charge in [0, 0.05) is 34.8 Å². The molecule has 7 aromatic carbocycles. The second-order valence-electron chi connectivity index (χ2n) is 12.9. The van der Waals surface area contributed by atoms with Crippen molar-refractivity contribution in [2.75, 3.05) is 4.90 Å². The van der Waals surface area contributed by atoms with E-state index in [0.717, 1.165) is 22.2 Å². The van der Waals surface area contributed by atoms with Gasteiger partial charge in [0.25, 0.3) is 5.69 Å². The summed E-state index contributed by atoms with van der Waals surface area (Å²) in [5.74, 6) is 0. The first-order chi connectivity index (χ1) is 26.2. The molecule has 0 saturated heterocycles. The maximum atomic E-state index is 10.1. The van der Waals surface area contributed by atoms with E-state index in [1.165, 1.54) is 68.7 Å². The molecule has 0 fully saturated rings. The highest BCUT2D eigenvalue weighted by molar-refractivity contribution is 7.00. The van der Waals surface area contributed by atoms with Crippen LogP contribution in [0.15, 0.2) is 176 Å². The predicted molar refractivity (Wildman–Crippen MR) is 227 cm³/mol. The van der Waals surface area contributed by atoms with E-state index in [2.05, 4.69) is 169 Å².